The van der Waals surface area contributed by atoms with E-state index in [0.717, 1.165) is 23.1 Å². The molecule has 14 heteroatoms. The molecule has 0 spiro atoms. The minimum absolute atomic E-state index is 0.0214. The Kier molecular flexibility index (Phi) is 7.83. The van der Waals surface area contributed by atoms with E-state index >= 15 is 0 Å². The van der Waals surface area contributed by atoms with Crippen LogP contribution in [0.5, 0.6) is 5.75 Å². The van der Waals surface area contributed by atoms with Gasteiger partial charge in [0.05, 0.1) is 43.6 Å². The number of hydrogen-bond donors (Lipinski definition) is 1. The first-order chi connectivity index (χ1) is 14.8. The third kappa shape index (κ3) is 5.71. The Morgan fingerprint density at radius 2 is 2.00 bits per heavy atom. The molecule has 1 aliphatic rings. The summed E-state index contributed by atoms with van der Waals surface area (Å²) in [6, 6.07) is 4.10. The second-order valence-corrected chi connectivity index (χ2v) is 10.2. The molecule has 3 rings (SSSR count). The van der Waals surface area contributed by atoms with Crippen LogP contribution in [0.2, 0.25) is 0 Å². The lowest BCUT2D eigenvalue weighted by Gasteiger charge is -2.26. The summed E-state index contributed by atoms with van der Waals surface area (Å²) in [4.78, 5) is 24.0. The second-order valence-electron chi connectivity index (χ2n) is 6.07. The van der Waals surface area contributed by atoms with Gasteiger partial charge in [-0.25, -0.2) is 8.42 Å². The van der Waals surface area contributed by atoms with Gasteiger partial charge in [-0.2, -0.15) is 4.31 Å². The molecular weight excluding hydrogens is 468 g/mol. The van der Waals surface area contributed by atoms with Gasteiger partial charge in [0.25, 0.3) is 5.91 Å². The predicted molar refractivity (Wildman–Crippen MR) is 113 cm³/mol. The number of esters is 1. The van der Waals surface area contributed by atoms with E-state index < -0.39 is 21.9 Å². The van der Waals surface area contributed by atoms with Gasteiger partial charge >= 0.3 is 5.97 Å². The van der Waals surface area contributed by atoms with Crippen molar-refractivity contribution in [3.63, 3.8) is 0 Å². The number of benzene rings is 1. The topological polar surface area (TPSA) is 137 Å². The number of methoxy groups -OCH3 is 2. The summed E-state index contributed by atoms with van der Waals surface area (Å²) in [6.07, 6.45) is 0. The Labute approximate surface area is 187 Å². The first-order valence-corrected chi connectivity index (χ1v) is 12.2. The van der Waals surface area contributed by atoms with Gasteiger partial charge in [0.2, 0.25) is 15.2 Å². The largest absolute Gasteiger partial charge is 0.496 e. The number of carbonyl (C=O) groups excluding carboxylic acids is 2. The van der Waals surface area contributed by atoms with E-state index in [9.17, 15) is 18.0 Å². The molecule has 1 amide bonds. The molecule has 0 radical (unpaired) electrons. The number of amides is 1. The lowest BCUT2D eigenvalue weighted by Crippen LogP contribution is -2.40. The molecule has 11 nitrogen and oxygen atoms in total. The van der Waals surface area contributed by atoms with E-state index in [4.69, 9.17) is 9.47 Å². The molecule has 0 atom stereocenters. The summed E-state index contributed by atoms with van der Waals surface area (Å²) in [5.74, 6) is -0.734. The van der Waals surface area contributed by atoms with Crippen molar-refractivity contribution in [2.24, 2.45) is 0 Å². The van der Waals surface area contributed by atoms with Gasteiger partial charge in [0.15, 0.2) is 4.34 Å². The van der Waals surface area contributed by atoms with Crippen LogP contribution in [-0.2, 0) is 24.3 Å². The average molecular weight is 489 g/mol. The highest BCUT2D eigenvalue weighted by molar-refractivity contribution is 8.01. The molecule has 1 saturated heterocycles. The Hall–Kier alpha value is -2.26. The molecule has 0 unspecified atom stereocenters. The fourth-order valence-electron chi connectivity index (χ4n) is 2.62. The first-order valence-electron chi connectivity index (χ1n) is 8.95. The molecule has 1 aromatic carbocycles. The average Bonchev–Trinajstić information content (AvgIpc) is 3.24. The summed E-state index contributed by atoms with van der Waals surface area (Å²) in [6.45, 7) is 1.12. The lowest BCUT2D eigenvalue weighted by atomic mass is 10.2. The van der Waals surface area contributed by atoms with Crippen LogP contribution in [0.4, 0.5) is 5.13 Å². The summed E-state index contributed by atoms with van der Waals surface area (Å²) < 4.78 is 42.6. The molecular formula is C17H20N4O7S3. The van der Waals surface area contributed by atoms with Crippen LogP contribution in [0, 0.1) is 0 Å². The van der Waals surface area contributed by atoms with Crippen molar-refractivity contribution in [3.8, 4) is 5.75 Å². The molecule has 2 heterocycles. The van der Waals surface area contributed by atoms with Crippen LogP contribution in [0.3, 0.4) is 0 Å². The third-order valence-electron chi connectivity index (χ3n) is 4.19. The fraction of sp³-hybridized carbons (Fsp3) is 0.412. The Balaban J connectivity index is 1.78. The van der Waals surface area contributed by atoms with Gasteiger partial charge in [-0.1, -0.05) is 23.1 Å². The first kappa shape index (κ1) is 23.4. The highest BCUT2D eigenvalue weighted by Gasteiger charge is 2.28. The predicted octanol–water partition coefficient (Wildman–Crippen LogP) is 1.09. The quantitative estimate of drug-likeness (QED) is 0.326. The maximum Gasteiger partial charge on any atom is 0.316 e. The number of morpholine rings is 1. The molecule has 1 aromatic heterocycles. The maximum absolute atomic E-state index is 12.9. The molecule has 0 bridgehead atoms. The van der Waals surface area contributed by atoms with Crippen LogP contribution >= 0.6 is 23.1 Å². The molecule has 0 aliphatic carbocycles. The second kappa shape index (κ2) is 10.4. The van der Waals surface area contributed by atoms with Gasteiger partial charge in [0, 0.05) is 13.1 Å². The summed E-state index contributed by atoms with van der Waals surface area (Å²) in [5, 5.41) is 10.5. The van der Waals surface area contributed by atoms with E-state index in [1.165, 1.54) is 36.7 Å². The fourth-order valence-corrected chi connectivity index (χ4v) is 5.64. The lowest BCUT2D eigenvalue weighted by molar-refractivity contribution is -0.137. The summed E-state index contributed by atoms with van der Waals surface area (Å²) in [5.41, 5.74) is 0.0378. The SMILES string of the molecule is COC(=O)CSc1nnc(NC(=O)c2cc(S(=O)(=O)N3CCOCC3)ccc2OC)s1. The van der Waals surface area contributed by atoms with Gasteiger partial charge in [0.1, 0.15) is 5.75 Å². The molecule has 2 aromatic rings. The molecule has 1 N–H and O–H groups in total. The highest BCUT2D eigenvalue weighted by atomic mass is 32.2. The van der Waals surface area contributed by atoms with Crippen molar-refractivity contribution < 1.29 is 32.2 Å². The smallest absolute Gasteiger partial charge is 0.316 e. The minimum Gasteiger partial charge on any atom is -0.496 e. The van der Waals surface area contributed by atoms with Gasteiger partial charge in [-0.3, -0.25) is 14.9 Å². The van der Waals surface area contributed by atoms with E-state index in [1.54, 1.807) is 0 Å². The number of carbonyl (C=O) groups is 2. The van der Waals surface area contributed by atoms with Crippen molar-refractivity contribution in [1.29, 1.82) is 0 Å². The van der Waals surface area contributed by atoms with Gasteiger partial charge in [-0.05, 0) is 18.2 Å². The zero-order valence-corrected chi connectivity index (χ0v) is 19.1. The number of hydrogen-bond acceptors (Lipinski definition) is 11. The number of nitrogens with zero attached hydrogens (tertiary/aromatic N) is 3. The normalized spacial score (nSPS) is 14.8. The number of thioether (sulfide) groups is 1. The number of ether oxygens (including phenoxy) is 3. The van der Waals surface area contributed by atoms with Crippen molar-refractivity contribution in [3.05, 3.63) is 23.8 Å². The Morgan fingerprint density at radius 3 is 2.68 bits per heavy atom. The third-order valence-corrected chi connectivity index (χ3v) is 8.03. The zero-order chi connectivity index (χ0) is 22.4. The van der Waals surface area contributed by atoms with E-state index in [2.05, 4.69) is 20.3 Å². The van der Waals surface area contributed by atoms with Crippen LogP contribution < -0.4 is 10.1 Å². The monoisotopic (exact) mass is 488 g/mol. The molecule has 1 aliphatic heterocycles. The van der Waals surface area contributed by atoms with Crippen LogP contribution in [-0.4, -0.2) is 81.1 Å². The highest BCUT2D eigenvalue weighted by Crippen LogP contribution is 2.28. The molecule has 1 fully saturated rings. The minimum atomic E-state index is -3.78. The van der Waals surface area contributed by atoms with Crippen molar-refractivity contribution in [1.82, 2.24) is 14.5 Å². The van der Waals surface area contributed by atoms with Crippen LogP contribution in [0.25, 0.3) is 0 Å². The van der Waals surface area contributed by atoms with Gasteiger partial charge < -0.3 is 14.2 Å². The van der Waals surface area contributed by atoms with E-state index in [-0.39, 0.29) is 40.2 Å². The van der Waals surface area contributed by atoms with Crippen molar-refractivity contribution >= 4 is 50.1 Å². The number of sulfonamides is 1. The van der Waals surface area contributed by atoms with Crippen molar-refractivity contribution in [2.75, 3.05) is 51.6 Å². The molecule has 168 valence electrons. The van der Waals surface area contributed by atoms with Crippen LogP contribution in [0.15, 0.2) is 27.4 Å². The van der Waals surface area contributed by atoms with Crippen LogP contribution in [0.1, 0.15) is 10.4 Å². The number of nitrogens with one attached hydrogen (secondary N) is 1. The maximum atomic E-state index is 12.9. The summed E-state index contributed by atoms with van der Waals surface area (Å²) in [7, 11) is -1.11. The van der Waals surface area contributed by atoms with E-state index in [0.29, 0.717) is 17.6 Å². The number of anilines is 1. The number of aromatic nitrogens is 2. The molecule has 31 heavy (non-hydrogen) atoms. The molecule has 0 saturated carbocycles. The standard InChI is InChI=1S/C17H20N4O7S3/c1-26-13-4-3-11(31(24,25)21-5-7-28-8-6-21)9-12(13)15(23)18-16-19-20-17(30-16)29-10-14(22)27-2/h3-4,9H,5-8,10H2,1-2H3,(H,18,19,23). The zero-order valence-electron chi connectivity index (χ0n) is 16.7. The Morgan fingerprint density at radius 1 is 1.26 bits per heavy atom. The van der Waals surface area contributed by atoms with Gasteiger partial charge in [-0.15, -0.1) is 10.2 Å². The van der Waals surface area contributed by atoms with E-state index in [1.807, 2.05) is 0 Å². The number of rotatable bonds is 8. The Bertz CT molecular complexity index is 1050. The van der Waals surface area contributed by atoms with Crippen molar-refractivity contribution in [2.45, 2.75) is 9.24 Å². The summed E-state index contributed by atoms with van der Waals surface area (Å²) >= 11 is 2.20.